The zero-order chi connectivity index (χ0) is 20.2. The minimum absolute atomic E-state index is 0.0219. The van der Waals surface area contributed by atoms with Crippen molar-refractivity contribution in [3.8, 4) is 0 Å². The van der Waals surface area contributed by atoms with Gasteiger partial charge in [-0.25, -0.2) is 0 Å². The van der Waals surface area contributed by atoms with Crippen LogP contribution in [-0.2, 0) is 22.9 Å². The first kappa shape index (κ1) is 20.3. The van der Waals surface area contributed by atoms with Crippen molar-refractivity contribution < 1.29 is 22.8 Å². The predicted octanol–water partition coefficient (Wildman–Crippen LogP) is 4.45. The molecule has 1 fully saturated rings. The largest absolute Gasteiger partial charge is 0.416 e. The average Bonchev–Trinajstić information content (AvgIpc) is 2.68. The van der Waals surface area contributed by atoms with Gasteiger partial charge in [-0.3, -0.25) is 10.1 Å². The fourth-order valence-corrected chi connectivity index (χ4v) is 3.54. The highest BCUT2D eigenvalue weighted by Crippen LogP contribution is 2.37. The summed E-state index contributed by atoms with van der Waals surface area (Å²) in [5.74, 6) is 0. The van der Waals surface area contributed by atoms with Crippen LogP contribution in [-0.4, -0.2) is 24.7 Å². The quantitative estimate of drug-likeness (QED) is 0.581. The van der Waals surface area contributed by atoms with Gasteiger partial charge in [0.05, 0.1) is 10.5 Å². The molecule has 0 aliphatic carbocycles. The van der Waals surface area contributed by atoms with E-state index in [0.29, 0.717) is 44.7 Å². The molecule has 1 heterocycles. The Balaban J connectivity index is 1.74. The van der Waals surface area contributed by atoms with Crippen LogP contribution < -0.4 is 5.32 Å². The van der Waals surface area contributed by atoms with Crippen LogP contribution in [0.25, 0.3) is 0 Å². The van der Waals surface area contributed by atoms with Gasteiger partial charge in [-0.1, -0.05) is 30.3 Å². The van der Waals surface area contributed by atoms with Gasteiger partial charge in [-0.2, -0.15) is 13.2 Å². The summed E-state index contributed by atoms with van der Waals surface area (Å²) >= 11 is 0. The molecule has 1 aliphatic rings. The fourth-order valence-electron chi connectivity index (χ4n) is 3.54. The van der Waals surface area contributed by atoms with Crippen LogP contribution >= 0.6 is 0 Å². The van der Waals surface area contributed by atoms with E-state index in [1.54, 1.807) is 18.2 Å². The molecule has 0 radical (unpaired) electrons. The molecule has 8 heteroatoms. The minimum atomic E-state index is -4.38. The summed E-state index contributed by atoms with van der Waals surface area (Å²) < 4.78 is 44.8. The smallest absolute Gasteiger partial charge is 0.381 e. The highest BCUT2D eigenvalue weighted by molar-refractivity contribution is 5.34. The van der Waals surface area contributed by atoms with Crippen LogP contribution in [0.15, 0.2) is 48.5 Å². The fraction of sp³-hybridized carbons (Fsp3) is 0.400. The molecule has 0 spiro atoms. The number of ether oxygens (including phenoxy) is 1. The normalized spacial score (nSPS) is 16.7. The van der Waals surface area contributed by atoms with Gasteiger partial charge in [0.2, 0.25) is 0 Å². The summed E-state index contributed by atoms with van der Waals surface area (Å²) in [6.45, 7) is 1.96. The number of nitro benzene ring substituents is 1. The number of rotatable bonds is 6. The molecule has 2 aromatic carbocycles. The summed E-state index contributed by atoms with van der Waals surface area (Å²) in [5.41, 5.74) is 0.457. The Morgan fingerprint density at radius 3 is 2.39 bits per heavy atom. The third-order valence-electron chi connectivity index (χ3n) is 5.19. The maximum Gasteiger partial charge on any atom is 0.416 e. The van der Waals surface area contributed by atoms with Crippen molar-refractivity contribution in [1.82, 2.24) is 5.32 Å². The van der Waals surface area contributed by atoms with E-state index < -0.39 is 22.1 Å². The van der Waals surface area contributed by atoms with Crippen LogP contribution in [0.2, 0.25) is 0 Å². The van der Waals surface area contributed by atoms with Crippen molar-refractivity contribution in [3.63, 3.8) is 0 Å². The van der Waals surface area contributed by atoms with Gasteiger partial charge in [0.15, 0.2) is 0 Å². The molecule has 0 aromatic heterocycles. The van der Waals surface area contributed by atoms with E-state index in [1.165, 1.54) is 24.3 Å². The zero-order valence-corrected chi connectivity index (χ0v) is 15.2. The van der Waals surface area contributed by atoms with Crippen LogP contribution in [0.3, 0.4) is 0 Å². The van der Waals surface area contributed by atoms with E-state index in [0.717, 1.165) is 11.6 Å². The van der Waals surface area contributed by atoms with Crippen molar-refractivity contribution in [3.05, 3.63) is 75.3 Å². The van der Waals surface area contributed by atoms with Crippen LogP contribution in [0.1, 0.15) is 29.5 Å². The van der Waals surface area contributed by atoms with Crippen LogP contribution in [0.5, 0.6) is 0 Å². The molecule has 3 rings (SSSR count). The van der Waals surface area contributed by atoms with Crippen molar-refractivity contribution >= 4 is 5.69 Å². The van der Waals surface area contributed by atoms with E-state index in [1.807, 2.05) is 0 Å². The number of non-ortho nitro benzene ring substituents is 1. The molecule has 0 bridgehead atoms. The van der Waals surface area contributed by atoms with Gasteiger partial charge in [0, 0.05) is 43.9 Å². The maximum atomic E-state index is 13.1. The molecule has 2 aromatic rings. The lowest BCUT2D eigenvalue weighted by atomic mass is 9.73. The second-order valence-electron chi connectivity index (χ2n) is 7.00. The molecule has 1 N–H and O–H groups in total. The predicted molar refractivity (Wildman–Crippen MR) is 98.0 cm³/mol. The first-order valence-corrected chi connectivity index (χ1v) is 9.00. The second kappa shape index (κ2) is 8.28. The van der Waals surface area contributed by atoms with Gasteiger partial charge in [0.1, 0.15) is 0 Å². The molecule has 0 amide bonds. The number of nitro groups is 1. The van der Waals surface area contributed by atoms with Crippen molar-refractivity contribution in [1.29, 1.82) is 0 Å². The van der Waals surface area contributed by atoms with Crippen LogP contribution in [0, 0.1) is 10.1 Å². The maximum absolute atomic E-state index is 13.1. The van der Waals surface area contributed by atoms with Gasteiger partial charge in [-0.15, -0.1) is 0 Å². The number of halogens is 3. The third-order valence-corrected chi connectivity index (χ3v) is 5.19. The molecule has 0 unspecified atom stereocenters. The average molecular weight is 394 g/mol. The van der Waals surface area contributed by atoms with E-state index in [2.05, 4.69) is 5.32 Å². The van der Waals surface area contributed by atoms with Gasteiger partial charge in [-0.05, 0) is 30.0 Å². The molecule has 28 heavy (non-hydrogen) atoms. The second-order valence-corrected chi connectivity index (χ2v) is 7.00. The van der Waals surface area contributed by atoms with E-state index in [9.17, 15) is 23.3 Å². The summed E-state index contributed by atoms with van der Waals surface area (Å²) in [6, 6.07) is 11.7. The third kappa shape index (κ3) is 4.69. The Morgan fingerprint density at radius 1 is 1.11 bits per heavy atom. The Kier molecular flexibility index (Phi) is 6.00. The first-order valence-electron chi connectivity index (χ1n) is 9.00. The number of hydrogen-bond donors (Lipinski definition) is 1. The molecule has 0 saturated carbocycles. The molecular formula is C20H21F3N2O3. The molecule has 1 saturated heterocycles. The highest BCUT2D eigenvalue weighted by atomic mass is 19.4. The topological polar surface area (TPSA) is 64.4 Å². The lowest BCUT2D eigenvalue weighted by Crippen LogP contribution is -2.42. The van der Waals surface area contributed by atoms with Gasteiger partial charge < -0.3 is 10.1 Å². The Labute approximate surface area is 160 Å². The summed E-state index contributed by atoms with van der Waals surface area (Å²) in [6.07, 6.45) is -3.13. The Morgan fingerprint density at radius 2 is 1.79 bits per heavy atom. The summed E-state index contributed by atoms with van der Waals surface area (Å²) in [5, 5.41) is 14.0. The van der Waals surface area contributed by atoms with Crippen molar-refractivity contribution in [2.75, 3.05) is 19.8 Å². The van der Waals surface area contributed by atoms with Gasteiger partial charge in [0.25, 0.3) is 5.69 Å². The molecule has 0 atom stereocenters. The number of nitrogens with one attached hydrogen (secondary N) is 1. The van der Waals surface area contributed by atoms with E-state index in [-0.39, 0.29) is 5.69 Å². The van der Waals surface area contributed by atoms with Crippen LogP contribution in [0.4, 0.5) is 18.9 Å². The monoisotopic (exact) mass is 394 g/mol. The SMILES string of the molecule is O=[N+]([O-])c1ccc(CNCC2(c3cccc(C(F)(F)F)c3)CCOCC2)cc1. The Bertz CT molecular complexity index is 816. The highest BCUT2D eigenvalue weighted by Gasteiger charge is 2.37. The first-order chi connectivity index (χ1) is 13.3. The number of nitrogens with zero attached hydrogens (tertiary/aromatic N) is 1. The summed E-state index contributed by atoms with van der Waals surface area (Å²) in [4.78, 5) is 10.3. The van der Waals surface area contributed by atoms with E-state index >= 15 is 0 Å². The number of alkyl halides is 3. The lowest BCUT2D eigenvalue weighted by molar-refractivity contribution is -0.384. The minimum Gasteiger partial charge on any atom is -0.381 e. The molecule has 150 valence electrons. The number of benzene rings is 2. The Hall–Kier alpha value is -2.45. The van der Waals surface area contributed by atoms with E-state index in [4.69, 9.17) is 4.74 Å². The summed E-state index contributed by atoms with van der Waals surface area (Å²) in [7, 11) is 0. The number of hydrogen-bond acceptors (Lipinski definition) is 4. The molecule has 1 aliphatic heterocycles. The van der Waals surface area contributed by atoms with Gasteiger partial charge >= 0.3 is 6.18 Å². The standard InChI is InChI=1S/C20H21F3N2O3/c21-20(22,23)17-3-1-2-16(12-17)19(8-10-28-11-9-19)14-24-13-15-4-6-18(7-5-15)25(26)27/h1-7,12,24H,8-11,13-14H2. The molecule has 5 nitrogen and oxygen atoms in total. The van der Waals surface area contributed by atoms with Crippen molar-refractivity contribution in [2.45, 2.75) is 31.0 Å². The molecular weight excluding hydrogens is 373 g/mol. The lowest BCUT2D eigenvalue weighted by Gasteiger charge is -2.38. The van der Waals surface area contributed by atoms with Crippen molar-refractivity contribution in [2.24, 2.45) is 0 Å². The zero-order valence-electron chi connectivity index (χ0n) is 15.2.